The minimum atomic E-state index is -0.882. The van der Waals surface area contributed by atoms with Crippen LogP contribution < -0.4 is 9.47 Å². The molecule has 0 N–H and O–H groups in total. The van der Waals surface area contributed by atoms with Crippen molar-refractivity contribution in [2.45, 2.75) is 0 Å². The van der Waals surface area contributed by atoms with Gasteiger partial charge in [-0.05, 0) is 36.4 Å². The summed E-state index contributed by atoms with van der Waals surface area (Å²) in [5, 5.41) is 0. The molecule has 0 fully saturated rings. The smallest absolute Gasteiger partial charge is 0.346 e. The molecule has 2 aromatic carbocycles. The van der Waals surface area contributed by atoms with E-state index in [2.05, 4.69) is 20.7 Å². The number of esters is 2. The Morgan fingerprint density at radius 3 is 2.39 bits per heavy atom. The van der Waals surface area contributed by atoms with E-state index in [9.17, 15) is 14.0 Å². The van der Waals surface area contributed by atoms with Gasteiger partial charge >= 0.3 is 11.9 Å². The lowest BCUT2D eigenvalue weighted by Crippen LogP contribution is -2.12. The van der Waals surface area contributed by atoms with E-state index >= 15 is 0 Å². The molecule has 0 spiro atoms. The molecule has 7 heteroatoms. The minimum absolute atomic E-state index is 0.0597. The van der Waals surface area contributed by atoms with Gasteiger partial charge in [0.05, 0.1) is 25.3 Å². The van der Waals surface area contributed by atoms with Crippen molar-refractivity contribution in [3.63, 3.8) is 0 Å². The van der Waals surface area contributed by atoms with Crippen LogP contribution in [0.1, 0.15) is 20.7 Å². The van der Waals surface area contributed by atoms with Crippen LogP contribution in [0.2, 0.25) is 0 Å². The first-order valence-corrected chi connectivity index (χ1v) is 7.19. The molecular formula is C16H12BrFO5. The van der Waals surface area contributed by atoms with Crippen LogP contribution in [0, 0.1) is 5.82 Å². The number of carbonyl (C=O) groups excluding carboxylic acids is 2. The van der Waals surface area contributed by atoms with Crippen molar-refractivity contribution in [1.29, 1.82) is 0 Å². The first kappa shape index (κ1) is 17.0. The first-order chi connectivity index (χ1) is 11.0. The largest absolute Gasteiger partial charge is 0.493 e. The lowest BCUT2D eigenvalue weighted by Gasteiger charge is -2.11. The number of ether oxygens (including phenoxy) is 3. The van der Waals surface area contributed by atoms with Crippen molar-refractivity contribution in [2.24, 2.45) is 0 Å². The summed E-state index contributed by atoms with van der Waals surface area (Å²) in [6, 6.07) is 8.09. The van der Waals surface area contributed by atoms with Gasteiger partial charge in [0.15, 0.2) is 11.5 Å². The lowest BCUT2D eigenvalue weighted by molar-refractivity contribution is 0.0600. The third-order valence-electron chi connectivity index (χ3n) is 2.94. The van der Waals surface area contributed by atoms with Crippen LogP contribution in [-0.2, 0) is 4.74 Å². The lowest BCUT2D eigenvalue weighted by atomic mass is 10.2. The molecule has 0 aliphatic rings. The number of methoxy groups -OCH3 is 2. The average molecular weight is 383 g/mol. The molecule has 0 saturated heterocycles. The zero-order valence-electron chi connectivity index (χ0n) is 12.3. The first-order valence-electron chi connectivity index (χ1n) is 6.40. The fraction of sp³-hybridized carbons (Fsp3) is 0.125. The summed E-state index contributed by atoms with van der Waals surface area (Å²) in [6.07, 6.45) is 0. The van der Waals surface area contributed by atoms with Gasteiger partial charge in [0, 0.05) is 4.47 Å². The van der Waals surface area contributed by atoms with E-state index < -0.39 is 17.8 Å². The molecule has 0 heterocycles. The number of carbonyl (C=O) groups is 2. The number of hydrogen-bond acceptors (Lipinski definition) is 5. The van der Waals surface area contributed by atoms with Gasteiger partial charge in [-0.3, -0.25) is 0 Å². The van der Waals surface area contributed by atoms with Crippen LogP contribution >= 0.6 is 15.9 Å². The van der Waals surface area contributed by atoms with Gasteiger partial charge in [0.1, 0.15) is 5.82 Å². The van der Waals surface area contributed by atoms with Crippen molar-refractivity contribution in [3.05, 3.63) is 57.8 Å². The highest BCUT2D eigenvalue weighted by atomic mass is 79.9. The molecule has 5 nitrogen and oxygen atoms in total. The van der Waals surface area contributed by atoms with Gasteiger partial charge in [-0.2, -0.15) is 0 Å². The van der Waals surface area contributed by atoms with Crippen molar-refractivity contribution in [1.82, 2.24) is 0 Å². The van der Waals surface area contributed by atoms with E-state index in [1.807, 2.05) is 0 Å². The normalized spacial score (nSPS) is 10.1. The molecule has 0 unspecified atom stereocenters. The summed E-state index contributed by atoms with van der Waals surface area (Å²) in [6.45, 7) is 0. The zero-order valence-corrected chi connectivity index (χ0v) is 13.8. The molecule has 0 aliphatic carbocycles. The molecular weight excluding hydrogens is 371 g/mol. The Bertz CT molecular complexity index is 760. The molecule has 2 rings (SSSR count). The number of benzene rings is 2. The van der Waals surface area contributed by atoms with E-state index in [0.717, 1.165) is 6.07 Å². The highest BCUT2D eigenvalue weighted by Crippen LogP contribution is 2.29. The minimum Gasteiger partial charge on any atom is -0.493 e. The SMILES string of the molecule is COC(=O)c1ccc(OC(=O)c2cc(Br)ccc2F)c(OC)c1. The van der Waals surface area contributed by atoms with Crippen molar-refractivity contribution >= 4 is 27.9 Å². The highest BCUT2D eigenvalue weighted by molar-refractivity contribution is 9.10. The summed E-state index contributed by atoms with van der Waals surface area (Å²) < 4.78 is 29.1. The van der Waals surface area contributed by atoms with E-state index in [1.165, 1.54) is 44.6 Å². The Hall–Kier alpha value is -2.41. The van der Waals surface area contributed by atoms with Crippen LogP contribution in [0.15, 0.2) is 40.9 Å². The van der Waals surface area contributed by atoms with E-state index in [-0.39, 0.29) is 22.6 Å². The second kappa shape index (κ2) is 7.23. The Kier molecular flexibility index (Phi) is 5.33. The third-order valence-corrected chi connectivity index (χ3v) is 3.43. The molecule has 2 aromatic rings. The molecule has 0 radical (unpaired) electrons. The second-order valence-electron chi connectivity index (χ2n) is 4.37. The maximum atomic E-state index is 13.7. The van der Waals surface area contributed by atoms with Gasteiger partial charge in [0.2, 0.25) is 0 Å². The Labute approximate surface area is 140 Å². The molecule has 120 valence electrons. The standard InChI is InChI=1S/C16H12BrFO5/c1-21-14-7-9(15(19)22-2)3-6-13(14)23-16(20)11-8-10(17)4-5-12(11)18/h3-8H,1-2H3. The van der Waals surface area contributed by atoms with Gasteiger partial charge in [-0.15, -0.1) is 0 Å². The van der Waals surface area contributed by atoms with Crippen molar-refractivity contribution in [2.75, 3.05) is 14.2 Å². The quantitative estimate of drug-likeness (QED) is 0.597. The van der Waals surface area contributed by atoms with Gasteiger partial charge in [-0.1, -0.05) is 15.9 Å². The summed E-state index contributed by atoms with van der Waals surface area (Å²) in [5.41, 5.74) is 0.0104. The van der Waals surface area contributed by atoms with E-state index in [0.29, 0.717) is 4.47 Å². The summed E-state index contributed by atoms with van der Waals surface area (Å²) in [7, 11) is 2.60. The van der Waals surface area contributed by atoms with Gasteiger partial charge in [0.25, 0.3) is 0 Å². The molecule has 0 aliphatic heterocycles. The Morgan fingerprint density at radius 2 is 1.74 bits per heavy atom. The third kappa shape index (κ3) is 3.87. The summed E-state index contributed by atoms with van der Waals surface area (Å²) >= 11 is 3.16. The Morgan fingerprint density at radius 1 is 1.00 bits per heavy atom. The van der Waals surface area contributed by atoms with Crippen LogP contribution in [0.5, 0.6) is 11.5 Å². The van der Waals surface area contributed by atoms with Gasteiger partial charge < -0.3 is 14.2 Å². The summed E-state index contributed by atoms with van der Waals surface area (Å²) in [5.74, 6) is -1.93. The molecule has 0 saturated carbocycles. The van der Waals surface area contributed by atoms with Crippen LogP contribution in [0.3, 0.4) is 0 Å². The van der Waals surface area contributed by atoms with Crippen LogP contribution in [0.25, 0.3) is 0 Å². The number of hydrogen-bond donors (Lipinski definition) is 0. The molecule has 0 amide bonds. The molecule has 23 heavy (non-hydrogen) atoms. The predicted octanol–water partition coefficient (Wildman–Crippen LogP) is 3.60. The Balaban J connectivity index is 2.30. The maximum absolute atomic E-state index is 13.7. The molecule has 0 bridgehead atoms. The van der Waals surface area contributed by atoms with Crippen LogP contribution in [0.4, 0.5) is 4.39 Å². The maximum Gasteiger partial charge on any atom is 0.346 e. The highest BCUT2D eigenvalue weighted by Gasteiger charge is 2.18. The zero-order chi connectivity index (χ0) is 17.0. The fourth-order valence-electron chi connectivity index (χ4n) is 1.81. The number of rotatable bonds is 4. The fourth-order valence-corrected chi connectivity index (χ4v) is 2.17. The van der Waals surface area contributed by atoms with E-state index in [4.69, 9.17) is 9.47 Å². The van der Waals surface area contributed by atoms with Gasteiger partial charge in [-0.25, -0.2) is 14.0 Å². The van der Waals surface area contributed by atoms with Crippen molar-refractivity contribution < 1.29 is 28.2 Å². The van der Waals surface area contributed by atoms with E-state index in [1.54, 1.807) is 0 Å². The van der Waals surface area contributed by atoms with Crippen LogP contribution in [-0.4, -0.2) is 26.2 Å². The molecule has 0 atom stereocenters. The average Bonchev–Trinajstić information content (AvgIpc) is 2.56. The monoisotopic (exact) mass is 382 g/mol. The number of halogens is 2. The molecule has 0 aromatic heterocycles. The summed E-state index contributed by atoms with van der Waals surface area (Å²) in [4.78, 5) is 23.6. The van der Waals surface area contributed by atoms with Crippen molar-refractivity contribution in [3.8, 4) is 11.5 Å². The predicted molar refractivity (Wildman–Crippen MR) is 83.4 cm³/mol. The topological polar surface area (TPSA) is 61.8 Å². The second-order valence-corrected chi connectivity index (χ2v) is 5.29.